The first-order chi connectivity index (χ1) is 9.16. The fourth-order valence-corrected chi connectivity index (χ4v) is 3.59. The highest BCUT2D eigenvalue weighted by Gasteiger charge is 2.41. The van der Waals surface area contributed by atoms with E-state index < -0.39 is 0 Å². The zero-order chi connectivity index (χ0) is 13.7. The van der Waals surface area contributed by atoms with Crippen molar-refractivity contribution in [1.29, 1.82) is 0 Å². The molecule has 1 N–H and O–H groups in total. The summed E-state index contributed by atoms with van der Waals surface area (Å²) >= 11 is 0. The topological polar surface area (TPSA) is 38.7 Å². The van der Waals surface area contributed by atoms with Crippen molar-refractivity contribution >= 4 is 0 Å². The third-order valence-corrected chi connectivity index (χ3v) is 4.95. The quantitative estimate of drug-likeness (QED) is 0.805. The first-order valence-electron chi connectivity index (χ1n) is 8.10. The molecular formula is C16H30O3. The summed E-state index contributed by atoms with van der Waals surface area (Å²) in [4.78, 5) is 0. The van der Waals surface area contributed by atoms with E-state index in [4.69, 9.17) is 9.47 Å². The summed E-state index contributed by atoms with van der Waals surface area (Å²) in [6.45, 7) is 5.93. The van der Waals surface area contributed by atoms with E-state index in [9.17, 15) is 5.11 Å². The maximum absolute atomic E-state index is 10.6. The number of hydrogen-bond donors (Lipinski definition) is 1. The Morgan fingerprint density at radius 3 is 2.63 bits per heavy atom. The largest absolute Gasteiger partial charge is 0.390 e. The second-order valence-electron chi connectivity index (χ2n) is 6.41. The van der Waals surface area contributed by atoms with Gasteiger partial charge in [-0.3, -0.25) is 0 Å². The van der Waals surface area contributed by atoms with Gasteiger partial charge in [-0.15, -0.1) is 0 Å². The van der Waals surface area contributed by atoms with Crippen LogP contribution >= 0.6 is 0 Å². The van der Waals surface area contributed by atoms with Crippen LogP contribution in [0.4, 0.5) is 0 Å². The highest BCUT2D eigenvalue weighted by molar-refractivity contribution is 4.93. The van der Waals surface area contributed by atoms with Crippen LogP contribution in [0, 0.1) is 5.92 Å². The zero-order valence-electron chi connectivity index (χ0n) is 12.6. The summed E-state index contributed by atoms with van der Waals surface area (Å²) in [5.41, 5.74) is -0.278. The monoisotopic (exact) mass is 270 g/mol. The summed E-state index contributed by atoms with van der Waals surface area (Å²) in [6.07, 6.45) is 8.54. The van der Waals surface area contributed by atoms with Gasteiger partial charge in [-0.1, -0.05) is 6.92 Å². The predicted octanol–water partition coefficient (Wildman–Crippen LogP) is 3.29. The first-order valence-corrected chi connectivity index (χ1v) is 8.10. The molecule has 2 aliphatic rings. The number of rotatable bonds is 6. The maximum Gasteiger partial charge on any atom is 0.0940 e. The Balaban J connectivity index is 1.86. The molecule has 1 saturated carbocycles. The van der Waals surface area contributed by atoms with Crippen LogP contribution in [0.3, 0.4) is 0 Å². The van der Waals surface area contributed by atoms with Gasteiger partial charge in [-0.25, -0.2) is 0 Å². The first kappa shape index (κ1) is 15.3. The molecule has 0 amide bonds. The third kappa shape index (κ3) is 3.93. The molecule has 2 rings (SSSR count). The molecule has 1 saturated heterocycles. The van der Waals surface area contributed by atoms with Gasteiger partial charge in [0.25, 0.3) is 0 Å². The lowest BCUT2D eigenvalue weighted by Gasteiger charge is -2.42. The average Bonchev–Trinajstić information content (AvgIpc) is 2.92. The minimum atomic E-state index is -0.329. The molecule has 19 heavy (non-hydrogen) atoms. The van der Waals surface area contributed by atoms with Crippen LogP contribution in [0.1, 0.15) is 65.2 Å². The van der Waals surface area contributed by atoms with Crippen LogP contribution in [-0.4, -0.2) is 36.1 Å². The van der Waals surface area contributed by atoms with Gasteiger partial charge < -0.3 is 14.6 Å². The third-order valence-electron chi connectivity index (χ3n) is 4.95. The smallest absolute Gasteiger partial charge is 0.0940 e. The van der Waals surface area contributed by atoms with Crippen LogP contribution in [0.5, 0.6) is 0 Å². The van der Waals surface area contributed by atoms with Crippen LogP contribution < -0.4 is 0 Å². The fraction of sp³-hybridized carbons (Fsp3) is 1.00. The van der Waals surface area contributed by atoms with Crippen molar-refractivity contribution in [3.63, 3.8) is 0 Å². The van der Waals surface area contributed by atoms with E-state index in [1.165, 1.54) is 19.3 Å². The van der Waals surface area contributed by atoms with E-state index in [-0.39, 0.29) is 11.7 Å². The van der Waals surface area contributed by atoms with Crippen LogP contribution in [-0.2, 0) is 9.47 Å². The molecule has 0 radical (unpaired) electrons. The van der Waals surface area contributed by atoms with Crippen LogP contribution in [0.2, 0.25) is 0 Å². The molecule has 0 spiro atoms. The fourth-order valence-electron chi connectivity index (χ4n) is 3.59. The summed E-state index contributed by atoms with van der Waals surface area (Å²) in [6, 6.07) is 0. The molecule has 0 bridgehead atoms. The second kappa shape index (κ2) is 7.05. The Morgan fingerprint density at radius 1 is 1.32 bits per heavy atom. The van der Waals surface area contributed by atoms with Crippen molar-refractivity contribution < 1.29 is 14.6 Å². The molecule has 1 aliphatic heterocycles. The van der Waals surface area contributed by atoms with Crippen LogP contribution in [0.25, 0.3) is 0 Å². The van der Waals surface area contributed by atoms with Crippen molar-refractivity contribution in [2.75, 3.05) is 13.2 Å². The number of aliphatic hydroxyl groups is 1. The molecule has 1 heterocycles. The van der Waals surface area contributed by atoms with Gasteiger partial charge in [0.15, 0.2) is 0 Å². The Hall–Kier alpha value is -0.120. The van der Waals surface area contributed by atoms with Gasteiger partial charge in [0.2, 0.25) is 0 Å². The summed E-state index contributed by atoms with van der Waals surface area (Å²) in [5.74, 6) is 0.777. The minimum Gasteiger partial charge on any atom is -0.390 e. The van der Waals surface area contributed by atoms with Gasteiger partial charge in [0, 0.05) is 13.2 Å². The maximum atomic E-state index is 10.6. The van der Waals surface area contributed by atoms with Gasteiger partial charge >= 0.3 is 0 Å². The van der Waals surface area contributed by atoms with Crippen molar-refractivity contribution in [2.45, 2.75) is 83.0 Å². The van der Waals surface area contributed by atoms with Crippen molar-refractivity contribution in [3.8, 4) is 0 Å². The molecular weight excluding hydrogens is 240 g/mol. The Kier molecular flexibility index (Phi) is 5.67. The van der Waals surface area contributed by atoms with Gasteiger partial charge in [-0.05, 0) is 64.2 Å². The molecule has 0 aromatic carbocycles. The Morgan fingerprint density at radius 2 is 2.05 bits per heavy atom. The average molecular weight is 270 g/mol. The second-order valence-corrected chi connectivity index (χ2v) is 6.41. The van der Waals surface area contributed by atoms with E-state index in [0.29, 0.717) is 12.7 Å². The normalized spacial score (nSPS) is 37.4. The summed E-state index contributed by atoms with van der Waals surface area (Å²) < 4.78 is 11.7. The number of aliphatic hydroxyl groups excluding tert-OH is 1. The standard InChI is InChI=1S/C16H30O3/c1-3-19-16(10-8-13(2)9-11-16)15(17)7-6-14-5-4-12-18-14/h13-15,17H,3-12H2,1-2H3. The van der Waals surface area contributed by atoms with Crippen molar-refractivity contribution in [3.05, 3.63) is 0 Å². The van der Waals surface area contributed by atoms with E-state index in [0.717, 1.165) is 44.6 Å². The zero-order valence-corrected chi connectivity index (χ0v) is 12.6. The lowest BCUT2D eigenvalue weighted by atomic mass is 9.75. The lowest BCUT2D eigenvalue weighted by molar-refractivity contribution is -0.148. The summed E-state index contributed by atoms with van der Waals surface area (Å²) in [7, 11) is 0. The highest BCUT2D eigenvalue weighted by atomic mass is 16.5. The molecule has 3 heteroatoms. The number of ether oxygens (including phenoxy) is 2. The van der Waals surface area contributed by atoms with Crippen molar-refractivity contribution in [1.82, 2.24) is 0 Å². The van der Waals surface area contributed by atoms with E-state index >= 15 is 0 Å². The Bertz CT molecular complexity index is 253. The van der Waals surface area contributed by atoms with Gasteiger partial charge in [-0.2, -0.15) is 0 Å². The van der Waals surface area contributed by atoms with E-state index in [1.807, 2.05) is 6.92 Å². The molecule has 3 nitrogen and oxygen atoms in total. The van der Waals surface area contributed by atoms with E-state index in [1.54, 1.807) is 0 Å². The minimum absolute atomic E-state index is 0.278. The van der Waals surface area contributed by atoms with Crippen LogP contribution in [0.15, 0.2) is 0 Å². The van der Waals surface area contributed by atoms with Crippen molar-refractivity contribution in [2.24, 2.45) is 5.92 Å². The molecule has 2 unspecified atom stereocenters. The van der Waals surface area contributed by atoms with E-state index in [2.05, 4.69) is 6.92 Å². The molecule has 2 fully saturated rings. The predicted molar refractivity (Wildman–Crippen MR) is 76.2 cm³/mol. The molecule has 0 aromatic rings. The van der Waals surface area contributed by atoms with Gasteiger partial charge in [0.05, 0.1) is 17.8 Å². The number of hydrogen-bond acceptors (Lipinski definition) is 3. The SMILES string of the molecule is CCOC1(C(O)CCC2CCCO2)CCC(C)CC1. The lowest BCUT2D eigenvalue weighted by Crippen LogP contribution is -2.47. The summed E-state index contributed by atoms with van der Waals surface area (Å²) in [5, 5.41) is 10.6. The Labute approximate surface area is 117 Å². The molecule has 1 aliphatic carbocycles. The van der Waals surface area contributed by atoms with Gasteiger partial charge in [0.1, 0.15) is 0 Å². The molecule has 112 valence electrons. The highest BCUT2D eigenvalue weighted by Crippen LogP contribution is 2.39. The molecule has 0 aromatic heterocycles. The molecule has 2 atom stereocenters.